The molecular weight excluding hydrogens is 474 g/mol. The van der Waals surface area contributed by atoms with Crippen LogP contribution >= 0.6 is 0 Å². The van der Waals surface area contributed by atoms with Crippen LogP contribution in [0.15, 0.2) is 78.9 Å². The van der Waals surface area contributed by atoms with E-state index in [0.717, 1.165) is 59.4 Å². The Balaban J connectivity index is 1.53. The molecule has 0 N–H and O–H groups in total. The second kappa shape index (κ2) is 13.4. The van der Waals surface area contributed by atoms with E-state index in [1.165, 1.54) is 19.6 Å². The molecule has 0 aromatic heterocycles. The predicted molar refractivity (Wildman–Crippen MR) is 154 cm³/mol. The Morgan fingerprint density at radius 3 is 2.11 bits per heavy atom. The third-order valence-corrected chi connectivity index (χ3v) is 6.92. The van der Waals surface area contributed by atoms with Crippen molar-refractivity contribution in [2.75, 3.05) is 19.1 Å². The summed E-state index contributed by atoms with van der Waals surface area (Å²) in [4.78, 5) is 27.2. The summed E-state index contributed by atoms with van der Waals surface area (Å²) in [6.07, 6.45) is 12.5. The summed E-state index contributed by atoms with van der Waals surface area (Å²) in [5.74, 6) is 0.641. The molecule has 4 rings (SSSR count). The zero-order valence-electron chi connectivity index (χ0n) is 22.1. The van der Waals surface area contributed by atoms with Crippen LogP contribution in [0, 0.1) is 5.92 Å². The molecule has 1 aliphatic rings. The topological polar surface area (TPSA) is 55.8 Å². The number of benzene rings is 3. The van der Waals surface area contributed by atoms with Gasteiger partial charge in [-0.2, -0.15) is 0 Å². The van der Waals surface area contributed by atoms with Crippen LogP contribution in [-0.4, -0.2) is 26.1 Å². The lowest BCUT2D eigenvalue weighted by Crippen LogP contribution is -2.36. The second-order valence-electron chi connectivity index (χ2n) is 9.56. The van der Waals surface area contributed by atoms with Crippen LogP contribution in [0.1, 0.15) is 54.4 Å². The first kappa shape index (κ1) is 26.9. The normalized spacial score (nSPS) is 14.1. The van der Waals surface area contributed by atoms with Gasteiger partial charge in [0.15, 0.2) is 0 Å². The van der Waals surface area contributed by atoms with E-state index in [2.05, 4.69) is 36.4 Å². The highest BCUT2D eigenvalue weighted by Crippen LogP contribution is 2.29. The number of ether oxygens (including phenoxy) is 2. The van der Waals surface area contributed by atoms with E-state index in [0.29, 0.717) is 6.54 Å². The highest BCUT2D eigenvalue weighted by Gasteiger charge is 2.27. The predicted octanol–water partition coefficient (Wildman–Crippen LogP) is 7.17. The van der Waals surface area contributed by atoms with Gasteiger partial charge in [0.25, 0.3) is 0 Å². The molecule has 5 nitrogen and oxygen atoms in total. The Morgan fingerprint density at radius 1 is 0.816 bits per heavy atom. The number of carbonyl (C=O) groups excluding carboxylic acids is 2. The van der Waals surface area contributed by atoms with Crippen molar-refractivity contribution in [2.24, 2.45) is 5.92 Å². The lowest BCUT2D eigenvalue weighted by molar-refractivity contribution is -0.134. The molecule has 0 spiro atoms. The van der Waals surface area contributed by atoms with E-state index in [-0.39, 0.29) is 11.8 Å². The fourth-order valence-electron chi connectivity index (χ4n) is 4.72. The van der Waals surface area contributed by atoms with E-state index in [1.54, 1.807) is 13.2 Å². The standard InChI is InChI=1S/C33H35NO4/c1-37-31-20-17-26(18-21-31)12-11-25-13-15-28(16-14-25)24-34(33(36)29-8-4-3-5-9-29)30-10-6-7-27(23-30)19-22-32(35)38-2/h6-7,10-23,29H,3-5,8-9,24H2,1-2H3/b12-11+,22-19+. The summed E-state index contributed by atoms with van der Waals surface area (Å²) in [7, 11) is 3.02. The maximum Gasteiger partial charge on any atom is 0.330 e. The number of methoxy groups -OCH3 is 2. The molecule has 3 aromatic carbocycles. The average molecular weight is 510 g/mol. The zero-order chi connectivity index (χ0) is 26.7. The van der Waals surface area contributed by atoms with Gasteiger partial charge in [-0.25, -0.2) is 4.79 Å². The Morgan fingerprint density at radius 2 is 1.47 bits per heavy atom. The molecule has 1 amide bonds. The van der Waals surface area contributed by atoms with Crippen LogP contribution in [0.3, 0.4) is 0 Å². The van der Waals surface area contributed by atoms with Crippen LogP contribution in [0.4, 0.5) is 5.69 Å². The van der Waals surface area contributed by atoms with E-state index < -0.39 is 5.97 Å². The molecule has 0 bridgehead atoms. The maximum absolute atomic E-state index is 13.7. The molecule has 0 unspecified atom stereocenters. The molecule has 0 atom stereocenters. The summed E-state index contributed by atoms with van der Waals surface area (Å²) in [5, 5.41) is 0. The van der Waals surface area contributed by atoms with Crippen molar-refractivity contribution in [1.29, 1.82) is 0 Å². The molecule has 0 aliphatic heterocycles. The zero-order valence-corrected chi connectivity index (χ0v) is 22.1. The summed E-state index contributed by atoms with van der Waals surface area (Å²) in [6, 6.07) is 24.0. The fraction of sp³-hybridized carbons (Fsp3) is 0.273. The number of amides is 1. The van der Waals surface area contributed by atoms with Gasteiger partial charge < -0.3 is 14.4 Å². The van der Waals surface area contributed by atoms with Crippen molar-refractivity contribution in [3.63, 3.8) is 0 Å². The van der Waals surface area contributed by atoms with Crippen molar-refractivity contribution >= 4 is 35.8 Å². The van der Waals surface area contributed by atoms with E-state index >= 15 is 0 Å². The van der Waals surface area contributed by atoms with Gasteiger partial charge in [-0.1, -0.05) is 79.9 Å². The van der Waals surface area contributed by atoms with Crippen molar-refractivity contribution in [3.8, 4) is 5.75 Å². The molecule has 0 saturated heterocycles. The fourth-order valence-corrected chi connectivity index (χ4v) is 4.72. The Kier molecular flexibility index (Phi) is 9.52. The van der Waals surface area contributed by atoms with Gasteiger partial charge in [0.05, 0.1) is 20.8 Å². The van der Waals surface area contributed by atoms with Gasteiger partial charge in [0, 0.05) is 17.7 Å². The first-order chi connectivity index (χ1) is 18.6. The molecule has 196 valence electrons. The largest absolute Gasteiger partial charge is 0.497 e. The van der Waals surface area contributed by atoms with E-state index in [4.69, 9.17) is 9.47 Å². The van der Waals surface area contributed by atoms with Gasteiger partial charge in [-0.15, -0.1) is 0 Å². The molecule has 1 aliphatic carbocycles. The Labute approximate surface area is 225 Å². The minimum atomic E-state index is -0.410. The summed E-state index contributed by atoms with van der Waals surface area (Å²) < 4.78 is 9.93. The van der Waals surface area contributed by atoms with Crippen molar-refractivity contribution in [3.05, 3.63) is 101 Å². The summed E-state index contributed by atoms with van der Waals surface area (Å²) in [6.45, 7) is 0.488. The Hall–Kier alpha value is -4.12. The number of hydrogen-bond donors (Lipinski definition) is 0. The number of carbonyl (C=O) groups is 2. The van der Waals surface area contributed by atoms with Gasteiger partial charge in [-0.3, -0.25) is 4.79 Å². The molecule has 1 saturated carbocycles. The quantitative estimate of drug-likeness (QED) is 0.174. The van der Waals surface area contributed by atoms with E-state index in [1.807, 2.05) is 53.4 Å². The molecule has 0 heterocycles. The minimum Gasteiger partial charge on any atom is -0.497 e. The molecular formula is C33H35NO4. The first-order valence-corrected chi connectivity index (χ1v) is 13.1. The van der Waals surface area contributed by atoms with Gasteiger partial charge in [0.1, 0.15) is 5.75 Å². The van der Waals surface area contributed by atoms with Crippen molar-refractivity contribution in [1.82, 2.24) is 0 Å². The SMILES string of the molecule is COC(=O)/C=C/c1cccc(N(Cc2ccc(/C=C/c3ccc(OC)cc3)cc2)C(=O)C2CCCCC2)c1. The third kappa shape index (κ3) is 7.45. The molecule has 1 fully saturated rings. The first-order valence-electron chi connectivity index (χ1n) is 13.1. The van der Waals surface area contributed by atoms with Gasteiger partial charge in [-0.05, 0) is 65.4 Å². The van der Waals surface area contributed by atoms with Crippen LogP contribution in [0.2, 0.25) is 0 Å². The van der Waals surface area contributed by atoms with E-state index in [9.17, 15) is 9.59 Å². The third-order valence-electron chi connectivity index (χ3n) is 6.92. The summed E-state index contributed by atoms with van der Waals surface area (Å²) >= 11 is 0. The summed E-state index contributed by atoms with van der Waals surface area (Å²) in [5.41, 5.74) is 4.92. The van der Waals surface area contributed by atoms with Gasteiger partial charge >= 0.3 is 5.97 Å². The van der Waals surface area contributed by atoms with Crippen molar-refractivity contribution < 1.29 is 19.1 Å². The van der Waals surface area contributed by atoms with Crippen LogP contribution in [-0.2, 0) is 20.9 Å². The minimum absolute atomic E-state index is 0.0460. The second-order valence-corrected chi connectivity index (χ2v) is 9.56. The van der Waals surface area contributed by atoms with Crippen LogP contribution in [0.5, 0.6) is 5.75 Å². The Bertz CT molecular complexity index is 1270. The average Bonchev–Trinajstić information content (AvgIpc) is 2.98. The highest BCUT2D eigenvalue weighted by atomic mass is 16.5. The molecule has 38 heavy (non-hydrogen) atoms. The smallest absolute Gasteiger partial charge is 0.330 e. The lowest BCUT2D eigenvalue weighted by atomic mass is 9.88. The van der Waals surface area contributed by atoms with Crippen LogP contribution < -0.4 is 9.64 Å². The number of hydrogen-bond acceptors (Lipinski definition) is 4. The monoisotopic (exact) mass is 509 g/mol. The van der Waals surface area contributed by atoms with Crippen molar-refractivity contribution in [2.45, 2.75) is 38.6 Å². The molecule has 5 heteroatoms. The highest BCUT2D eigenvalue weighted by molar-refractivity contribution is 5.95. The van der Waals surface area contributed by atoms with Crippen LogP contribution in [0.25, 0.3) is 18.2 Å². The number of esters is 1. The number of nitrogens with zero attached hydrogens (tertiary/aromatic N) is 1. The number of anilines is 1. The number of rotatable bonds is 9. The van der Waals surface area contributed by atoms with Gasteiger partial charge in [0.2, 0.25) is 5.91 Å². The molecule has 3 aromatic rings. The maximum atomic E-state index is 13.7. The lowest BCUT2D eigenvalue weighted by Gasteiger charge is -2.30. The molecule has 0 radical (unpaired) electrons.